The normalized spacial score (nSPS) is 17.0. The Bertz CT molecular complexity index is 923. The van der Waals surface area contributed by atoms with Gasteiger partial charge in [-0.05, 0) is 36.0 Å². The summed E-state index contributed by atoms with van der Waals surface area (Å²) >= 11 is 0. The molecule has 5 nitrogen and oxygen atoms in total. The van der Waals surface area contributed by atoms with Gasteiger partial charge in [-0.25, -0.2) is 9.59 Å². The Morgan fingerprint density at radius 3 is 2.17 bits per heavy atom. The van der Waals surface area contributed by atoms with Crippen LogP contribution in [0.5, 0.6) is 0 Å². The zero-order valence-electron chi connectivity index (χ0n) is 17.6. The molecule has 1 aliphatic heterocycles. The standard InChI is InChI=1S/C24H28N2O3/c1-15(2)29-22(27)19-20(16-9-7-6-8-10-16)25-23(28)26-21(19)17-11-13-18(14-12-17)24(3,4)5/h6-15,21H,1-5H3,(H2,25,26,28). The van der Waals surface area contributed by atoms with E-state index in [4.69, 9.17) is 4.74 Å². The molecular formula is C24H28N2O3. The molecule has 0 spiro atoms. The molecule has 2 aromatic carbocycles. The lowest BCUT2D eigenvalue weighted by Gasteiger charge is -2.30. The van der Waals surface area contributed by atoms with Gasteiger partial charge in [-0.2, -0.15) is 0 Å². The minimum atomic E-state index is -0.598. The molecule has 0 aromatic heterocycles. The van der Waals surface area contributed by atoms with Crippen molar-refractivity contribution in [3.63, 3.8) is 0 Å². The average molecular weight is 392 g/mol. The summed E-state index contributed by atoms with van der Waals surface area (Å²) in [5, 5.41) is 5.69. The Hall–Kier alpha value is -3.08. The molecule has 152 valence electrons. The molecule has 2 N–H and O–H groups in total. The van der Waals surface area contributed by atoms with E-state index >= 15 is 0 Å². The van der Waals surface area contributed by atoms with Gasteiger partial charge in [0.05, 0.1) is 23.4 Å². The number of esters is 1. The molecule has 29 heavy (non-hydrogen) atoms. The summed E-state index contributed by atoms with van der Waals surface area (Å²) < 4.78 is 5.52. The van der Waals surface area contributed by atoms with Gasteiger partial charge >= 0.3 is 12.0 Å². The number of urea groups is 1. The number of benzene rings is 2. The highest BCUT2D eigenvalue weighted by molar-refractivity contribution is 6.04. The van der Waals surface area contributed by atoms with Crippen LogP contribution in [0, 0.1) is 0 Å². The molecule has 1 atom stereocenters. The largest absolute Gasteiger partial charge is 0.459 e. The lowest BCUT2D eigenvalue weighted by atomic mass is 9.85. The SMILES string of the molecule is CC(C)OC(=O)C1=C(c2ccccc2)NC(=O)NC1c1ccc(C(C)(C)C)cc1. The molecule has 3 rings (SSSR count). The highest BCUT2D eigenvalue weighted by Gasteiger charge is 2.34. The monoisotopic (exact) mass is 392 g/mol. The maximum absolute atomic E-state index is 13.0. The Balaban J connectivity index is 2.12. The lowest BCUT2D eigenvalue weighted by molar-refractivity contribution is -0.143. The van der Waals surface area contributed by atoms with E-state index < -0.39 is 12.0 Å². The molecule has 2 amide bonds. The molecule has 1 aliphatic rings. The van der Waals surface area contributed by atoms with Gasteiger partial charge in [0.2, 0.25) is 0 Å². The van der Waals surface area contributed by atoms with Crippen molar-refractivity contribution < 1.29 is 14.3 Å². The summed E-state index contributed by atoms with van der Waals surface area (Å²) in [6, 6.07) is 16.4. The lowest BCUT2D eigenvalue weighted by Crippen LogP contribution is -2.45. The molecule has 1 heterocycles. The van der Waals surface area contributed by atoms with Crippen molar-refractivity contribution in [3.8, 4) is 0 Å². The number of carbonyl (C=O) groups excluding carboxylic acids is 2. The number of nitrogens with one attached hydrogen (secondary N) is 2. The van der Waals surface area contributed by atoms with Gasteiger partial charge in [0.1, 0.15) is 0 Å². The van der Waals surface area contributed by atoms with Crippen molar-refractivity contribution >= 4 is 17.7 Å². The van der Waals surface area contributed by atoms with Crippen molar-refractivity contribution in [2.45, 2.75) is 52.2 Å². The molecule has 0 radical (unpaired) electrons. The van der Waals surface area contributed by atoms with Crippen LogP contribution in [-0.2, 0) is 14.9 Å². The Kier molecular flexibility index (Phi) is 5.78. The third-order valence-corrected chi connectivity index (χ3v) is 4.81. The minimum Gasteiger partial charge on any atom is -0.459 e. The second-order valence-electron chi connectivity index (χ2n) is 8.51. The highest BCUT2D eigenvalue weighted by atomic mass is 16.5. The van der Waals surface area contributed by atoms with Crippen molar-refractivity contribution in [1.82, 2.24) is 10.6 Å². The van der Waals surface area contributed by atoms with E-state index in [0.29, 0.717) is 11.3 Å². The van der Waals surface area contributed by atoms with Crippen LogP contribution in [0.4, 0.5) is 4.79 Å². The van der Waals surface area contributed by atoms with Crippen LogP contribution < -0.4 is 10.6 Å². The molecule has 1 unspecified atom stereocenters. The van der Waals surface area contributed by atoms with Crippen LogP contribution >= 0.6 is 0 Å². The van der Waals surface area contributed by atoms with E-state index in [1.54, 1.807) is 0 Å². The van der Waals surface area contributed by atoms with Gasteiger partial charge in [-0.3, -0.25) is 0 Å². The van der Waals surface area contributed by atoms with E-state index in [1.165, 1.54) is 5.56 Å². The molecule has 0 fully saturated rings. The first-order chi connectivity index (χ1) is 13.7. The molecule has 0 bridgehead atoms. The van der Waals surface area contributed by atoms with Crippen molar-refractivity contribution in [3.05, 3.63) is 76.9 Å². The second kappa shape index (κ2) is 8.11. The summed E-state index contributed by atoms with van der Waals surface area (Å²) in [6.07, 6.45) is -0.270. The number of amides is 2. The van der Waals surface area contributed by atoms with Gasteiger partial charge in [0, 0.05) is 0 Å². The predicted octanol–water partition coefficient (Wildman–Crippen LogP) is 4.70. The smallest absolute Gasteiger partial charge is 0.338 e. The van der Waals surface area contributed by atoms with Crippen LogP contribution in [0.15, 0.2) is 60.2 Å². The van der Waals surface area contributed by atoms with Gasteiger partial charge in [-0.15, -0.1) is 0 Å². The Morgan fingerprint density at radius 2 is 1.62 bits per heavy atom. The van der Waals surface area contributed by atoms with Crippen LogP contribution in [0.2, 0.25) is 0 Å². The van der Waals surface area contributed by atoms with Gasteiger partial charge < -0.3 is 15.4 Å². The highest BCUT2D eigenvalue weighted by Crippen LogP contribution is 2.33. The summed E-state index contributed by atoms with van der Waals surface area (Å²) in [6.45, 7) is 10.1. The van der Waals surface area contributed by atoms with E-state index in [-0.39, 0.29) is 17.6 Å². The molecule has 5 heteroatoms. The number of rotatable bonds is 4. The van der Waals surface area contributed by atoms with Crippen molar-refractivity contribution in [2.24, 2.45) is 0 Å². The van der Waals surface area contributed by atoms with Crippen LogP contribution in [0.3, 0.4) is 0 Å². The number of hydrogen-bond donors (Lipinski definition) is 2. The topological polar surface area (TPSA) is 67.4 Å². The summed E-state index contributed by atoms with van der Waals surface area (Å²) in [4.78, 5) is 25.5. The first-order valence-corrected chi connectivity index (χ1v) is 9.85. The molecule has 2 aromatic rings. The van der Waals surface area contributed by atoms with E-state index in [9.17, 15) is 9.59 Å². The van der Waals surface area contributed by atoms with Crippen molar-refractivity contribution in [2.75, 3.05) is 0 Å². The summed E-state index contributed by atoms with van der Waals surface area (Å²) in [5.41, 5.74) is 3.66. The molecule has 0 aliphatic carbocycles. The zero-order chi connectivity index (χ0) is 21.2. The minimum absolute atomic E-state index is 0.0142. The molecular weight excluding hydrogens is 364 g/mol. The van der Waals surface area contributed by atoms with E-state index in [1.807, 2.05) is 68.4 Å². The van der Waals surface area contributed by atoms with E-state index in [2.05, 4.69) is 31.4 Å². The zero-order valence-corrected chi connectivity index (χ0v) is 17.6. The molecule has 0 saturated heterocycles. The van der Waals surface area contributed by atoms with Gasteiger partial charge in [0.25, 0.3) is 0 Å². The fourth-order valence-electron chi connectivity index (χ4n) is 3.32. The molecule has 0 saturated carbocycles. The maximum Gasteiger partial charge on any atom is 0.338 e. The third kappa shape index (κ3) is 4.67. The summed E-state index contributed by atoms with van der Waals surface area (Å²) in [5.74, 6) is -0.448. The van der Waals surface area contributed by atoms with Crippen molar-refractivity contribution in [1.29, 1.82) is 0 Å². The number of ether oxygens (including phenoxy) is 1. The van der Waals surface area contributed by atoms with E-state index in [0.717, 1.165) is 11.1 Å². The first-order valence-electron chi connectivity index (χ1n) is 9.85. The predicted molar refractivity (Wildman–Crippen MR) is 114 cm³/mol. The van der Waals surface area contributed by atoms with Crippen LogP contribution in [-0.4, -0.2) is 18.1 Å². The Labute approximate surface area is 172 Å². The van der Waals surface area contributed by atoms with Gasteiger partial charge in [-0.1, -0.05) is 75.4 Å². The third-order valence-electron chi connectivity index (χ3n) is 4.81. The van der Waals surface area contributed by atoms with Gasteiger partial charge in [0.15, 0.2) is 0 Å². The van der Waals surface area contributed by atoms with Crippen LogP contribution in [0.1, 0.15) is 57.4 Å². The maximum atomic E-state index is 13.0. The fraction of sp³-hybridized carbons (Fsp3) is 0.333. The summed E-state index contributed by atoms with van der Waals surface area (Å²) in [7, 11) is 0. The fourth-order valence-corrected chi connectivity index (χ4v) is 3.32. The average Bonchev–Trinajstić information content (AvgIpc) is 2.67. The quantitative estimate of drug-likeness (QED) is 0.741. The second-order valence-corrected chi connectivity index (χ2v) is 8.51. The van der Waals surface area contributed by atoms with Crippen LogP contribution in [0.25, 0.3) is 5.70 Å². The number of hydrogen-bond acceptors (Lipinski definition) is 3. The Morgan fingerprint density at radius 1 is 1.00 bits per heavy atom. The first kappa shape index (κ1) is 20.6. The number of carbonyl (C=O) groups is 2.